The lowest BCUT2D eigenvalue weighted by atomic mass is 10.1. The van der Waals surface area contributed by atoms with Crippen molar-refractivity contribution in [3.63, 3.8) is 0 Å². The van der Waals surface area contributed by atoms with Crippen LogP contribution < -0.4 is 14.8 Å². The number of aromatic nitrogens is 1. The van der Waals surface area contributed by atoms with Crippen molar-refractivity contribution in [2.75, 3.05) is 20.8 Å². The van der Waals surface area contributed by atoms with Crippen molar-refractivity contribution in [3.8, 4) is 23.0 Å². The number of methoxy groups -OCH3 is 2. The van der Waals surface area contributed by atoms with Gasteiger partial charge in [0.2, 0.25) is 11.8 Å². The molecule has 1 aromatic heterocycles. The maximum absolute atomic E-state index is 12.2. The van der Waals surface area contributed by atoms with E-state index in [9.17, 15) is 4.79 Å². The average molecular weight is 437 g/mol. The Morgan fingerprint density at radius 3 is 2.41 bits per heavy atom. The third-order valence-electron chi connectivity index (χ3n) is 5.50. The Labute approximate surface area is 190 Å². The van der Waals surface area contributed by atoms with Crippen LogP contribution in [0.25, 0.3) is 11.5 Å². The molecule has 6 heteroatoms. The van der Waals surface area contributed by atoms with Crippen molar-refractivity contribution < 1.29 is 18.7 Å². The fourth-order valence-electron chi connectivity index (χ4n) is 3.55. The van der Waals surface area contributed by atoms with Gasteiger partial charge >= 0.3 is 0 Å². The predicted octanol–water partition coefficient (Wildman–Crippen LogP) is 4.91. The molecule has 0 saturated carbocycles. The number of carbonyl (C=O) groups excluding carboxylic acids is 1. The third kappa shape index (κ3) is 6.13. The summed E-state index contributed by atoms with van der Waals surface area (Å²) in [6, 6.07) is 14.1. The zero-order chi connectivity index (χ0) is 22.9. The van der Waals surface area contributed by atoms with Crippen molar-refractivity contribution in [2.45, 2.75) is 46.0 Å². The largest absolute Gasteiger partial charge is 0.493 e. The van der Waals surface area contributed by atoms with Crippen LogP contribution in [0.5, 0.6) is 11.5 Å². The fourth-order valence-corrected chi connectivity index (χ4v) is 3.55. The minimum atomic E-state index is 0.0435. The van der Waals surface area contributed by atoms with Gasteiger partial charge in [-0.1, -0.05) is 25.1 Å². The molecule has 0 saturated heterocycles. The molecular formula is C26H32N2O4. The number of aryl methyl sites for hydroxylation is 3. The van der Waals surface area contributed by atoms with Crippen LogP contribution in [0.1, 0.15) is 42.3 Å². The van der Waals surface area contributed by atoms with Crippen LogP contribution in [0, 0.1) is 6.92 Å². The highest BCUT2D eigenvalue weighted by Crippen LogP contribution is 2.27. The van der Waals surface area contributed by atoms with E-state index in [1.54, 1.807) is 14.2 Å². The second-order valence-electron chi connectivity index (χ2n) is 7.72. The number of hydrogen-bond acceptors (Lipinski definition) is 5. The molecular weight excluding hydrogens is 404 g/mol. The molecule has 170 valence electrons. The number of ether oxygens (including phenoxy) is 2. The summed E-state index contributed by atoms with van der Waals surface area (Å²) in [7, 11) is 3.23. The molecule has 1 N–H and O–H groups in total. The molecule has 1 amide bonds. The smallest absolute Gasteiger partial charge is 0.226 e. The van der Waals surface area contributed by atoms with Crippen LogP contribution in [-0.4, -0.2) is 31.7 Å². The van der Waals surface area contributed by atoms with Crippen molar-refractivity contribution in [3.05, 3.63) is 65.0 Å². The first kappa shape index (κ1) is 23.4. The summed E-state index contributed by atoms with van der Waals surface area (Å²) in [5.41, 5.74) is 4.26. The Morgan fingerprint density at radius 2 is 1.72 bits per heavy atom. The van der Waals surface area contributed by atoms with Crippen LogP contribution in [0.4, 0.5) is 0 Å². The lowest BCUT2D eigenvalue weighted by Crippen LogP contribution is -2.25. The van der Waals surface area contributed by atoms with E-state index < -0.39 is 0 Å². The van der Waals surface area contributed by atoms with Crippen molar-refractivity contribution in [1.82, 2.24) is 10.3 Å². The molecule has 6 nitrogen and oxygen atoms in total. The zero-order valence-corrected chi connectivity index (χ0v) is 19.4. The van der Waals surface area contributed by atoms with Gasteiger partial charge in [-0.25, -0.2) is 4.98 Å². The van der Waals surface area contributed by atoms with Crippen LogP contribution in [0.2, 0.25) is 0 Å². The first-order valence-corrected chi connectivity index (χ1v) is 11.1. The number of nitrogens with zero attached hydrogens (tertiary/aromatic N) is 1. The van der Waals surface area contributed by atoms with Crippen LogP contribution in [0.15, 0.2) is 46.9 Å². The van der Waals surface area contributed by atoms with Crippen molar-refractivity contribution in [2.24, 2.45) is 0 Å². The molecule has 0 aliphatic rings. The first-order chi connectivity index (χ1) is 15.5. The number of rotatable bonds is 11. The minimum Gasteiger partial charge on any atom is -0.493 e. The van der Waals surface area contributed by atoms with Crippen LogP contribution >= 0.6 is 0 Å². The second kappa shape index (κ2) is 11.4. The molecule has 0 unspecified atom stereocenters. The van der Waals surface area contributed by atoms with Gasteiger partial charge in [0, 0.05) is 18.5 Å². The van der Waals surface area contributed by atoms with Gasteiger partial charge in [0.25, 0.3) is 0 Å². The summed E-state index contributed by atoms with van der Waals surface area (Å²) in [6.45, 7) is 4.64. The Bertz CT molecular complexity index is 1020. The Hall–Kier alpha value is -3.28. The Morgan fingerprint density at radius 1 is 1.00 bits per heavy atom. The highest BCUT2D eigenvalue weighted by atomic mass is 16.5. The molecule has 0 bridgehead atoms. The fraction of sp³-hybridized carbons (Fsp3) is 0.385. The molecule has 0 fully saturated rings. The Kier molecular flexibility index (Phi) is 8.31. The maximum atomic E-state index is 12.2. The minimum absolute atomic E-state index is 0.0435. The Balaban J connectivity index is 1.43. The van der Waals surface area contributed by atoms with Gasteiger partial charge in [-0.2, -0.15) is 0 Å². The molecule has 1 heterocycles. The molecule has 3 aromatic rings. The number of nitrogens with one attached hydrogen (secondary N) is 1. The van der Waals surface area contributed by atoms with Gasteiger partial charge in [0.05, 0.1) is 19.9 Å². The molecule has 32 heavy (non-hydrogen) atoms. The molecule has 2 aromatic carbocycles. The molecule has 0 atom stereocenters. The summed E-state index contributed by atoms with van der Waals surface area (Å²) in [4.78, 5) is 16.9. The number of carbonyl (C=O) groups is 1. The second-order valence-corrected chi connectivity index (χ2v) is 7.72. The molecule has 0 radical (unpaired) electrons. The quantitative estimate of drug-likeness (QED) is 0.462. The summed E-state index contributed by atoms with van der Waals surface area (Å²) in [5, 5.41) is 2.99. The molecule has 3 rings (SSSR count). The summed E-state index contributed by atoms with van der Waals surface area (Å²) in [5.74, 6) is 2.89. The number of amides is 1. The SMILES string of the molecule is CCc1ccc(-c2nc(CCCC(=O)NCCc3ccc(OC)c(OC)c3)c(C)o2)cc1. The van der Waals surface area contributed by atoms with E-state index >= 15 is 0 Å². The normalized spacial score (nSPS) is 10.8. The van der Waals surface area contributed by atoms with Crippen molar-refractivity contribution in [1.29, 1.82) is 0 Å². The first-order valence-electron chi connectivity index (χ1n) is 11.1. The van der Waals surface area contributed by atoms with E-state index in [0.29, 0.717) is 36.8 Å². The van der Waals surface area contributed by atoms with Gasteiger partial charge in [0.1, 0.15) is 5.76 Å². The van der Waals surface area contributed by atoms with E-state index in [2.05, 4.69) is 29.4 Å². The molecule has 0 spiro atoms. The van der Waals surface area contributed by atoms with Gasteiger partial charge in [-0.3, -0.25) is 4.79 Å². The summed E-state index contributed by atoms with van der Waals surface area (Å²) >= 11 is 0. The average Bonchev–Trinajstić information content (AvgIpc) is 3.19. The highest BCUT2D eigenvalue weighted by Gasteiger charge is 2.12. The zero-order valence-electron chi connectivity index (χ0n) is 19.4. The monoisotopic (exact) mass is 436 g/mol. The van der Waals surface area contributed by atoms with Gasteiger partial charge in [-0.05, 0) is 68.0 Å². The number of benzene rings is 2. The number of oxazole rings is 1. The lowest BCUT2D eigenvalue weighted by Gasteiger charge is -2.10. The number of hydrogen-bond donors (Lipinski definition) is 1. The molecule has 0 aliphatic carbocycles. The standard InChI is InChI=1S/C26H32N2O4/c1-5-19-9-12-21(13-10-19)26-28-22(18(2)32-26)7-6-8-25(29)27-16-15-20-11-14-23(30-3)24(17-20)31-4/h9-14,17H,5-8,15-16H2,1-4H3,(H,27,29). The van der Waals surface area contributed by atoms with E-state index in [4.69, 9.17) is 13.9 Å². The lowest BCUT2D eigenvalue weighted by molar-refractivity contribution is -0.121. The van der Waals surface area contributed by atoms with Crippen LogP contribution in [-0.2, 0) is 24.1 Å². The van der Waals surface area contributed by atoms with Crippen LogP contribution in [0.3, 0.4) is 0 Å². The predicted molar refractivity (Wildman–Crippen MR) is 125 cm³/mol. The van der Waals surface area contributed by atoms with E-state index in [1.165, 1.54) is 5.56 Å². The van der Waals surface area contributed by atoms with Gasteiger partial charge in [0.15, 0.2) is 11.5 Å². The summed E-state index contributed by atoms with van der Waals surface area (Å²) < 4.78 is 16.4. The van der Waals surface area contributed by atoms with E-state index in [-0.39, 0.29) is 5.91 Å². The topological polar surface area (TPSA) is 73.6 Å². The van der Waals surface area contributed by atoms with Gasteiger partial charge in [-0.15, -0.1) is 0 Å². The third-order valence-corrected chi connectivity index (χ3v) is 5.50. The molecule has 0 aliphatic heterocycles. The van der Waals surface area contributed by atoms with Crippen molar-refractivity contribution >= 4 is 5.91 Å². The van der Waals surface area contributed by atoms with E-state index in [1.807, 2.05) is 37.3 Å². The van der Waals surface area contributed by atoms with Gasteiger partial charge < -0.3 is 19.2 Å². The van der Waals surface area contributed by atoms with E-state index in [0.717, 1.165) is 41.8 Å². The highest BCUT2D eigenvalue weighted by molar-refractivity contribution is 5.75. The summed E-state index contributed by atoms with van der Waals surface area (Å²) in [6.07, 6.45) is 3.63. The maximum Gasteiger partial charge on any atom is 0.226 e.